The normalized spacial score (nSPS) is 11.5. The molecule has 4 aromatic rings. The number of aromatic carboxylic acids is 1. The standard InChI is InChI=1S/C17H13N5O3/c23-17(24)16-6-5-13(25-16)9-21-8-12(7-20-22-10-18-19-11-22)14-3-1-2-4-15(14)21/h1-8,10-11H,9H2,(H,23,24)/b20-7-. The lowest BCUT2D eigenvalue weighted by molar-refractivity contribution is 0.0660. The number of hydrogen-bond acceptors (Lipinski definition) is 5. The van der Waals surface area contributed by atoms with Crippen LogP contribution in [0.15, 0.2) is 64.8 Å². The number of rotatable bonds is 5. The van der Waals surface area contributed by atoms with Crippen molar-refractivity contribution in [1.82, 2.24) is 19.4 Å². The molecule has 3 heterocycles. The number of benzene rings is 1. The summed E-state index contributed by atoms with van der Waals surface area (Å²) in [5, 5.41) is 21.7. The van der Waals surface area contributed by atoms with Crippen molar-refractivity contribution in [3.05, 3.63) is 72.3 Å². The maximum Gasteiger partial charge on any atom is 0.371 e. The maximum atomic E-state index is 11.0. The van der Waals surface area contributed by atoms with E-state index in [4.69, 9.17) is 9.52 Å². The van der Waals surface area contributed by atoms with Crippen LogP contribution in [0, 0.1) is 0 Å². The Morgan fingerprint density at radius 2 is 2.00 bits per heavy atom. The van der Waals surface area contributed by atoms with Gasteiger partial charge in [0, 0.05) is 22.7 Å². The van der Waals surface area contributed by atoms with Crippen LogP contribution in [0.5, 0.6) is 0 Å². The van der Waals surface area contributed by atoms with Gasteiger partial charge in [-0.15, -0.1) is 10.2 Å². The molecular weight excluding hydrogens is 322 g/mol. The van der Waals surface area contributed by atoms with E-state index < -0.39 is 5.97 Å². The van der Waals surface area contributed by atoms with Gasteiger partial charge >= 0.3 is 5.97 Å². The lowest BCUT2D eigenvalue weighted by Gasteiger charge is -2.02. The van der Waals surface area contributed by atoms with E-state index in [1.165, 1.54) is 23.4 Å². The van der Waals surface area contributed by atoms with Crippen molar-refractivity contribution in [2.75, 3.05) is 0 Å². The summed E-state index contributed by atoms with van der Waals surface area (Å²) in [7, 11) is 0. The van der Waals surface area contributed by atoms with E-state index in [2.05, 4.69) is 15.3 Å². The number of fused-ring (bicyclic) bond motifs is 1. The summed E-state index contributed by atoms with van der Waals surface area (Å²) < 4.78 is 8.86. The van der Waals surface area contributed by atoms with E-state index in [1.807, 2.05) is 35.0 Å². The van der Waals surface area contributed by atoms with Gasteiger partial charge in [0.1, 0.15) is 18.4 Å². The van der Waals surface area contributed by atoms with Crippen LogP contribution in [0.4, 0.5) is 0 Å². The molecule has 0 radical (unpaired) electrons. The largest absolute Gasteiger partial charge is 0.475 e. The van der Waals surface area contributed by atoms with Gasteiger partial charge in [-0.3, -0.25) is 0 Å². The fourth-order valence-electron chi connectivity index (χ4n) is 2.64. The highest BCUT2D eigenvalue weighted by Gasteiger charge is 2.12. The van der Waals surface area contributed by atoms with Crippen molar-refractivity contribution in [3.8, 4) is 0 Å². The first-order valence-electron chi connectivity index (χ1n) is 7.49. The van der Waals surface area contributed by atoms with E-state index >= 15 is 0 Å². The smallest absolute Gasteiger partial charge is 0.371 e. The van der Waals surface area contributed by atoms with Crippen LogP contribution >= 0.6 is 0 Å². The molecule has 124 valence electrons. The molecule has 1 aromatic carbocycles. The van der Waals surface area contributed by atoms with Gasteiger partial charge in [-0.05, 0) is 18.2 Å². The predicted octanol–water partition coefficient (Wildman–Crippen LogP) is 2.45. The van der Waals surface area contributed by atoms with Gasteiger partial charge in [0.15, 0.2) is 0 Å². The zero-order valence-electron chi connectivity index (χ0n) is 13.0. The molecule has 8 nitrogen and oxygen atoms in total. The second-order valence-corrected chi connectivity index (χ2v) is 5.39. The molecule has 0 unspecified atom stereocenters. The highest BCUT2D eigenvalue weighted by atomic mass is 16.4. The second-order valence-electron chi connectivity index (χ2n) is 5.39. The number of carboxylic acids is 1. The van der Waals surface area contributed by atoms with E-state index in [0.29, 0.717) is 12.3 Å². The summed E-state index contributed by atoms with van der Waals surface area (Å²) in [6, 6.07) is 11.0. The zero-order valence-corrected chi connectivity index (χ0v) is 13.0. The van der Waals surface area contributed by atoms with Gasteiger partial charge in [0.05, 0.1) is 12.8 Å². The predicted molar refractivity (Wildman–Crippen MR) is 89.7 cm³/mol. The molecule has 0 atom stereocenters. The second kappa shape index (κ2) is 6.08. The van der Waals surface area contributed by atoms with Crippen LogP contribution in [0.3, 0.4) is 0 Å². The SMILES string of the molecule is O=C(O)c1ccc(Cn2cc(/C=N\n3cnnc3)c3ccccc32)o1. The molecule has 4 rings (SSSR count). The van der Waals surface area contributed by atoms with Gasteiger partial charge < -0.3 is 14.1 Å². The lowest BCUT2D eigenvalue weighted by atomic mass is 10.2. The minimum Gasteiger partial charge on any atom is -0.475 e. The Labute approximate surface area is 141 Å². The topological polar surface area (TPSA) is 98.4 Å². The molecule has 25 heavy (non-hydrogen) atoms. The van der Waals surface area contributed by atoms with Gasteiger partial charge in [-0.2, -0.15) is 5.10 Å². The average molecular weight is 335 g/mol. The Bertz CT molecular complexity index is 1060. The summed E-state index contributed by atoms with van der Waals surface area (Å²) in [5.74, 6) is -0.577. The summed E-state index contributed by atoms with van der Waals surface area (Å²) in [6.07, 6.45) is 6.69. The van der Waals surface area contributed by atoms with Gasteiger partial charge in [-0.25, -0.2) is 9.47 Å². The fraction of sp³-hybridized carbons (Fsp3) is 0.0588. The molecule has 3 aromatic heterocycles. The molecule has 0 saturated heterocycles. The van der Waals surface area contributed by atoms with E-state index in [9.17, 15) is 4.79 Å². The monoisotopic (exact) mass is 335 g/mol. The molecule has 0 saturated carbocycles. The molecular formula is C17H13N5O3. The minimum atomic E-state index is -1.08. The lowest BCUT2D eigenvalue weighted by Crippen LogP contribution is -1.97. The van der Waals surface area contributed by atoms with Crippen LogP contribution in [0.1, 0.15) is 21.9 Å². The fourth-order valence-corrected chi connectivity index (χ4v) is 2.64. The summed E-state index contributed by atoms with van der Waals surface area (Å²) >= 11 is 0. The van der Waals surface area contributed by atoms with Crippen LogP contribution in [-0.4, -0.2) is 36.7 Å². The Hall–Kier alpha value is -3.68. The van der Waals surface area contributed by atoms with Crippen molar-refractivity contribution in [3.63, 3.8) is 0 Å². The van der Waals surface area contributed by atoms with Crippen LogP contribution < -0.4 is 0 Å². The summed E-state index contributed by atoms with van der Waals surface area (Å²) in [6.45, 7) is 0.425. The van der Waals surface area contributed by atoms with Crippen molar-refractivity contribution in [1.29, 1.82) is 0 Å². The molecule has 0 fully saturated rings. The number of hydrogen-bond donors (Lipinski definition) is 1. The Morgan fingerprint density at radius 3 is 2.76 bits per heavy atom. The van der Waals surface area contributed by atoms with Gasteiger partial charge in [0.2, 0.25) is 5.76 Å². The Kier molecular flexibility index (Phi) is 3.62. The molecule has 1 N–H and O–H groups in total. The molecule has 0 aliphatic carbocycles. The molecule has 0 aliphatic heterocycles. The molecule has 0 bridgehead atoms. The van der Waals surface area contributed by atoms with Crippen molar-refractivity contribution in [2.45, 2.75) is 6.54 Å². The Morgan fingerprint density at radius 1 is 1.20 bits per heavy atom. The number of nitrogens with zero attached hydrogens (tertiary/aromatic N) is 5. The van der Waals surface area contributed by atoms with Crippen LogP contribution in [-0.2, 0) is 6.54 Å². The maximum absolute atomic E-state index is 11.0. The number of aromatic nitrogens is 4. The van der Waals surface area contributed by atoms with Crippen molar-refractivity contribution < 1.29 is 14.3 Å². The highest BCUT2D eigenvalue weighted by Crippen LogP contribution is 2.22. The number of carbonyl (C=O) groups is 1. The first kappa shape index (κ1) is 14.9. The number of para-hydroxylation sites is 1. The molecule has 0 amide bonds. The number of carboxylic acid groups (broad SMARTS) is 1. The first-order valence-corrected chi connectivity index (χ1v) is 7.49. The van der Waals surface area contributed by atoms with Crippen LogP contribution in [0.2, 0.25) is 0 Å². The Balaban J connectivity index is 1.70. The quantitative estimate of drug-likeness (QED) is 0.565. The van der Waals surface area contributed by atoms with Crippen LogP contribution in [0.25, 0.3) is 10.9 Å². The number of furan rings is 1. The molecule has 0 aliphatic rings. The third kappa shape index (κ3) is 2.92. The zero-order chi connectivity index (χ0) is 17.2. The summed E-state index contributed by atoms with van der Waals surface area (Å²) in [4.78, 5) is 11.0. The van der Waals surface area contributed by atoms with Crippen molar-refractivity contribution >= 4 is 23.1 Å². The van der Waals surface area contributed by atoms with E-state index in [-0.39, 0.29) is 5.76 Å². The van der Waals surface area contributed by atoms with E-state index in [0.717, 1.165) is 16.5 Å². The molecule has 0 spiro atoms. The highest BCUT2D eigenvalue weighted by molar-refractivity contribution is 5.99. The third-order valence-electron chi connectivity index (χ3n) is 3.75. The third-order valence-corrected chi connectivity index (χ3v) is 3.75. The molecule has 8 heteroatoms. The summed E-state index contributed by atoms with van der Waals surface area (Å²) in [5.41, 5.74) is 1.93. The van der Waals surface area contributed by atoms with E-state index in [1.54, 1.807) is 12.3 Å². The van der Waals surface area contributed by atoms with Gasteiger partial charge in [-0.1, -0.05) is 18.2 Å². The van der Waals surface area contributed by atoms with Gasteiger partial charge in [0.25, 0.3) is 0 Å². The first-order chi connectivity index (χ1) is 12.2. The minimum absolute atomic E-state index is 0.0687. The average Bonchev–Trinajstić information content (AvgIpc) is 3.34. The van der Waals surface area contributed by atoms with Crippen molar-refractivity contribution in [2.24, 2.45) is 5.10 Å².